The van der Waals surface area contributed by atoms with Gasteiger partial charge in [-0.25, -0.2) is 14.8 Å². The van der Waals surface area contributed by atoms with Gasteiger partial charge < -0.3 is 23.8 Å². The molecule has 1 aliphatic carbocycles. The van der Waals surface area contributed by atoms with Crippen LogP contribution in [0.25, 0.3) is 11.0 Å². The van der Waals surface area contributed by atoms with Crippen molar-refractivity contribution in [2.24, 2.45) is 23.2 Å². The topological polar surface area (TPSA) is 117 Å². The average molecular weight is 686 g/mol. The van der Waals surface area contributed by atoms with Gasteiger partial charge in [-0.15, -0.1) is 6.58 Å². The molecule has 1 amide bonds. The smallest absolute Gasteiger partial charge is 0.329 e. The Kier molecular flexibility index (Phi) is 11.4. The number of unbranched alkanes of at least 4 members (excludes halogenated alkanes) is 1. The van der Waals surface area contributed by atoms with Crippen LogP contribution in [0.1, 0.15) is 93.9 Å². The number of hydrogen-bond donors (Lipinski definition) is 0. The van der Waals surface area contributed by atoms with Gasteiger partial charge in [0.05, 0.1) is 37.0 Å². The first kappa shape index (κ1) is 37.4. The Bertz CT molecular complexity index is 1520. The zero-order valence-electron chi connectivity index (χ0n) is 29.9. The monoisotopic (exact) mass is 685 g/mol. The number of likely N-dealkylation sites (tertiary alicyclic amines) is 1. The molecular formula is C37H52ClN3O7. The first-order valence-corrected chi connectivity index (χ1v) is 17.3. The third-order valence-corrected chi connectivity index (χ3v) is 9.68. The molecule has 1 aromatic carbocycles. The normalized spacial score (nSPS) is 24.6. The summed E-state index contributed by atoms with van der Waals surface area (Å²) in [4.78, 5) is 52.4. The number of carbonyl (C=O) groups is 3. The number of nitrogens with zero attached hydrogens (tertiary/aromatic N) is 3. The Hall–Kier alpha value is -3.40. The lowest BCUT2D eigenvalue weighted by Gasteiger charge is -2.35. The lowest BCUT2D eigenvalue weighted by atomic mass is 9.77. The summed E-state index contributed by atoms with van der Waals surface area (Å²) in [6.45, 7) is 18.9. The van der Waals surface area contributed by atoms with Crippen molar-refractivity contribution in [2.75, 3.05) is 13.7 Å². The number of esters is 2. The Morgan fingerprint density at radius 3 is 2.46 bits per heavy atom. The van der Waals surface area contributed by atoms with E-state index in [4.69, 9.17) is 30.5 Å². The Labute approximate surface area is 289 Å². The van der Waals surface area contributed by atoms with Gasteiger partial charge in [-0.1, -0.05) is 45.4 Å². The molecule has 2 aromatic rings. The van der Waals surface area contributed by atoms with Crippen LogP contribution < -0.4 is 9.47 Å². The van der Waals surface area contributed by atoms with Crippen LogP contribution in [0, 0.1) is 23.2 Å². The van der Waals surface area contributed by atoms with Crippen LogP contribution in [0.3, 0.4) is 0 Å². The molecule has 1 saturated heterocycles. The van der Waals surface area contributed by atoms with Gasteiger partial charge in [-0.2, -0.15) is 0 Å². The standard InChI is InChI=1S/C37H52ClN3O7/c1-11-13-14-15-22-20-37(22,9)47-29(42)19-25(35(3,4)5)33(43)41-21-28(24(12-2)30(41)34(44)48-36(6,7)8)46-32-31(38)39-26-17-16-23(45-10)18-27(26)40-32/h11,16-18,22,24-25,28,30H,1,12-15,19-21H2,2-10H3/t22?,24-,25-,28+,30+,37?/m1/s1. The van der Waals surface area contributed by atoms with E-state index < -0.39 is 52.5 Å². The maximum absolute atomic E-state index is 14.6. The molecule has 11 heteroatoms. The number of methoxy groups -OCH3 is 1. The average Bonchev–Trinajstić information content (AvgIpc) is 3.46. The number of ether oxygens (including phenoxy) is 4. The van der Waals surface area contributed by atoms with Crippen molar-refractivity contribution in [3.8, 4) is 11.6 Å². The van der Waals surface area contributed by atoms with E-state index in [1.165, 1.54) is 4.90 Å². The fourth-order valence-corrected chi connectivity index (χ4v) is 6.80. The van der Waals surface area contributed by atoms with Crippen molar-refractivity contribution in [3.05, 3.63) is 36.0 Å². The summed E-state index contributed by atoms with van der Waals surface area (Å²) in [5.41, 5.74) is -0.833. The molecule has 2 fully saturated rings. The third-order valence-electron chi connectivity index (χ3n) is 9.44. The summed E-state index contributed by atoms with van der Waals surface area (Å²) in [5, 5.41) is 0.0628. The number of aromatic nitrogens is 2. The molecule has 0 N–H and O–H groups in total. The van der Waals surface area contributed by atoms with E-state index >= 15 is 0 Å². The predicted octanol–water partition coefficient (Wildman–Crippen LogP) is 7.35. The lowest BCUT2D eigenvalue weighted by molar-refractivity contribution is -0.167. The number of benzene rings is 1. The van der Waals surface area contributed by atoms with Crippen LogP contribution in [-0.2, 0) is 23.9 Å². The summed E-state index contributed by atoms with van der Waals surface area (Å²) in [6.07, 6.45) is 5.32. The van der Waals surface area contributed by atoms with Crippen molar-refractivity contribution in [1.82, 2.24) is 14.9 Å². The van der Waals surface area contributed by atoms with Crippen molar-refractivity contribution >= 4 is 40.5 Å². The summed E-state index contributed by atoms with van der Waals surface area (Å²) in [5.74, 6) is -1.49. The Morgan fingerprint density at radius 1 is 1.15 bits per heavy atom. The van der Waals surface area contributed by atoms with E-state index in [2.05, 4.69) is 16.5 Å². The number of halogens is 1. The number of rotatable bonds is 13. The zero-order chi connectivity index (χ0) is 35.6. The highest BCUT2D eigenvalue weighted by Gasteiger charge is 2.55. The summed E-state index contributed by atoms with van der Waals surface area (Å²) >= 11 is 6.54. The van der Waals surface area contributed by atoms with E-state index in [0.29, 0.717) is 29.1 Å². The molecule has 2 heterocycles. The Morgan fingerprint density at radius 2 is 1.85 bits per heavy atom. The maximum atomic E-state index is 14.6. The highest BCUT2D eigenvalue weighted by atomic mass is 35.5. The zero-order valence-corrected chi connectivity index (χ0v) is 30.7. The minimum absolute atomic E-state index is 0.0628. The van der Waals surface area contributed by atoms with E-state index in [-0.39, 0.29) is 29.9 Å². The second-order valence-corrected chi connectivity index (χ2v) is 15.8. The van der Waals surface area contributed by atoms with Gasteiger partial charge in [-0.3, -0.25) is 9.59 Å². The number of amides is 1. The number of carbonyl (C=O) groups excluding carboxylic acids is 3. The van der Waals surface area contributed by atoms with Crippen LogP contribution in [0.5, 0.6) is 11.6 Å². The quantitative estimate of drug-likeness (QED) is 0.121. The molecule has 48 heavy (non-hydrogen) atoms. The molecule has 0 spiro atoms. The van der Waals surface area contributed by atoms with Gasteiger partial charge in [0.1, 0.15) is 29.1 Å². The van der Waals surface area contributed by atoms with Gasteiger partial charge in [0.25, 0.3) is 5.88 Å². The maximum Gasteiger partial charge on any atom is 0.329 e. The van der Waals surface area contributed by atoms with E-state index in [9.17, 15) is 14.4 Å². The third kappa shape index (κ3) is 8.79. The molecule has 10 nitrogen and oxygen atoms in total. The van der Waals surface area contributed by atoms with Gasteiger partial charge in [0.2, 0.25) is 5.91 Å². The first-order valence-electron chi connectivity index (χ1n) is 16.9. The molecule has 4 rings (SSSR count). The number of allylic oxidation sites excluding steroid dienone is 1. The molecule has 2 aliphatic rings. The molecule has 1 aromatic heterocycles. The van der Waals surface area contributed by atoms with Gasteiger partial charge in [-0.05, 0) is 77.3 Å². The van der Waals surface area contributed by atoms with Crippen molar-refractivity contribution in [2.45, 2.75) is 117 Å². The summed E-state index contributed by atoms with van der Waals surface area (Å²) in [6, 6.07) is 4.30. The van der Waals surface area contributed by atoms with Crippen molar-refractivity contribution in [3.63, 3.8) is 0 Å². The van der Waals surface area contributed by atoms with E-state index in [0.717, 1.165) is 25.7 Å². The minimum atomic E-state index is -0.949. The van der Waals surface area contributed by atoms with Crippen LogP contribution >= 0.6 is 11.6 Å². The number of fused-ring (bicyclic) bond motifs is 1. The van der Waals surface area contributed by atoms with Crippen LogP contribution in [0.2, 0.25) is 5.15 Å². The largest absolute Gasteiger partial charge is 0.497 e. The summed E-state index contributed by atoms with van der Waals surface area (Å²) < 4.78 is 23.6. The van der Waals surface area contributed by atoms with Gasteiger partial charge in [0, 0.05) is 17.9 Å². The highest BCUT2D eigenvalue weighted by molar-refractivity contribution is 6.31. The number of hydrogen-bond acceptors (Lipinski definition) is 9. The van der Waals surface area contributed by atoms with E-state index in [1.807, 2.05) is 40.7 Å². The van der Waals surface area contributed by atoms with Crippen molar-refractivity contribution < 1.29 is 33.3 Å². The van der Waals surface area contributed by atoms with Crippen LogP contribution in [0.15, 0.2) is 30.9 Å². The molecule has 6 atom stereocenters. The van der Waals surface area contributed by atoms with Crippen molar-refractivity contribution in [1.29, 1.82) is 0 Å². The van der Waals surface area contributed by atoms with Crippen LogP contribution in [-0.4, -0.2) is 69.7 Å². The molecule has 264 valence electrons. The van der Waals surface area contributed by atoms with Gasteiger partial charge >= 0.3 is 11.9 Å². The van der Waals surface area contributed by atoms with Crippen LogP contribution in [0.4, 0.5) is 0 Å². The SMILES string of the molecule is C=CCCCC1CC1(C)OC(=O)C[C@H](C(=O)N1C[C@H](Oc2nc3cc(OC)ccc3nc2Cl)[C@@H](CC)[C@H]1C(=O)OC(C)(C)C)C(C)(C)C. The molecule has 1 aliphatic heterocycles. The minimum Gasteiger partial charge on any atom is -0.497 e. The molecule has 0 bridgehead atoms. The fraction of sp³-hybridized carbons (Fsp3) is 0.649. The highest BCUT2D eigenvalue weighted by Crippen LogP contribution is 2.50. The second kappa shape index (κ2) is 14.6. The van der Waals surface area contributed by atoms with E-state index in [1.54, 1.807) is 46.1 Å². The molecule has 2 unspecified atom stereocenters. The van der Waals surface area contributed by atoms with Gasteiger partial charge in [0.15, 0.2) is 5.15 Å². The Balaban J connectivity index is 1.61. The molecule has 1 saturated carbocycles. The summed E-state index contributed by atoms with van der Waals surface area (Å²) in [7, 11) is 1.56. The predicted molar refractivity (Wildman–Crippen MR) is 185 cm³/mol. The fourth-order valence-electron chi connectivity index (χ4n) is 6.62. The first-order chi connectivity index (χ1) is 22.4. The second-order valence-electron chi connectivity index (χ2n) is 15.4. The molecule has 0 radical (unpaired) electrons. The molecular weight excluding hydrogens is 634 g/mol. The lowest BCUT2D eigenvalue weighted by Crippen LogP contribution is -2.50.